The number of hydrogen-bond acceptors (Lipinski definition) is 3. The van der Waals surface area contributed by atoms with Crippen LogP contribution < -0.4 is 10.6 Å². The third kappa shape index (κ3) is 2.74. The van der Waals surface area contributed by atoms with E-state index in [1.807, 2.05) is 19.1 Å². The highest BCUT2D eigenvalue weighted by Gasteiger charge is 2.40. The van der Waals surface area contributed by atoms with Gasteiger partial charge in [0.1, 0.15) is 5.82 Å². The van der Waals surface area contributed by atoms with Crippen molar-refractivity contribution in [2.45, 2.75) is 38.3 Å². The molecule has 1 fully saturated rings. The lowest BCUT2D eigenvalue weighted by Gasteiger charge is -2.48. The predicted octanol–water partition coefficient (Wildman–Crippen LogP) is 2.55. The minimum absolute atomic E-state index is 0.165. The molecule has 0 spiro atoms. The second kappa shape index (κ2) is 5.88. The number of nitrogens with zero attached hydrogens (tertiary/aromatic N) is 1. The molecule has 2 unspecified atom stereocenters. The topological polar surface area (TPSA) is 38.5 Å². The van der Waals surface area contributed by atoms with Crippen molar-refractivity contribution >= 4 is 5.69 Å². The Kier molecular flexibility index (Phi) is 4.42. The Balaban J connectivity index is 2.36. The zero-order valence-electron chi connectivity index (χ0n) is 11.7. The van der Waals surface area contributed by atoms with E-state index in [9.17, 15) is 4.39 Å². The Morgan fingerprint density at radius 3 is 2.79 bits per heavy atom. The van der Waals surface area contributed by atoms with E-state index in [0.29, 0.717) is 18.8 Å². The van der Waals surface area contributed by atoms with Crippen molar-refractivity contribution in [1.29, 1.82) is 0 Å². The van der Waals surface area contributed by atoms with Gasteiger partial charge in [0.05, 0.1) is 17.3 Å². The van der Waals surface area contributed by atoms with Gasteiger partial charge in [0.2, 0.25) is 0 Å². The summed E-state index contributed by atoms with van der Waals surface area (Å²) in [6.45, 7) is 6.04. The summed E-state index contributed by atoms with van der Waals surface area (Å²) in [6.07, 6.45) is 1.85. The SMILES string of the molecule is CCN(c1ccccc1F)C1(CN)CCOC(C)C1. The first-order valence-corrected chi connectivity index (χ1v) is 6.97. The molecule has 19 heavy (non-hydrogen) atoms. The van der Waals surface area contributed by atoms with Crippen LogP contribution in [0.1, 0.15) is 26.7 Å². The Morgan fingerprint density at radius 1 is 1.47 bits per heavy atom. The van der Waals surface area contributed by atoms with Gasteiger partial charge in [0, 0.05) is 19.7 Å². The number of anilines is 1. The van der Waals surface area contributed by atoms with Crippen molar-refractivity contribution in [3.8, 4) is 0 Å². The summed E-state index contributed by atoms with van der Waals surface area (Å²) in [5.41, 5.74) is 6.49. The number of hydrogen-bond donors (Lipinski definition) is 1. The quantitative estimate of drug-likeness (QED) is 0.910. The molecule has 1 saturated heterocycles. The van der Waals surface area contributed by atoms with Crippen LogP contribution >= 0.6 is 0 Å². The third-order valence-electron chi connectivity index (χ3n) is 4.05. The fourth-order valence-corrected chi connectivity index (χ4v) is 3.12. The summed E-state index contributed by atoms with van der Waals surface area (Å²) >= 11 is 0. The molecule has 2 N–H and O–H groups in total. The molecule has 1 aliphatic rings. The Morgan fingerprint density at radius 2 is 2.21 bits per heavy atom. The highest BCUT2D eigenvalue weighted by atomic mass is 19.1. The van der Waals surface area contributed by atoms with E-state index < -0.39 is 0 Å². The van der Waals surface area contributed by atoms with E-state index >= 15 is 0 Å². The van der Waals surface area contributed by atoms with Crippen LogP contribution in [-0.2, 0) is 4.74 Å². The summed E-state index contributed by atoms with van der Waals surface area (Å²) in [5, 5.41) is 0. The maximum atomic E-state index is 14.1. The maximum Gasteiger partial charge on any atom is 0.146 e. The van der Waals surface area contributed by atoms with Crippen molar-refractivity contribution in [1.82, 2.24) is 0 Å². The molecule has 0 radical (unpaired) electrons. The summed E-state index contributed by atoms with van der Waals surface area (Å²) in [7, 11) is 0. The Labute approximate surface area is 114 Å². The number of para-hydroxylation sites is 1. The smallest absolute Gasteiger partial charge is 0.146 e. The van der Waals surface area contributed by atoms with Gasteiger partial charge in [-0.3, -0.25) is 0 Å². The minimum Gasteiger partial charge on any atom is -0.378 e. The van der Waals surface area contributed by atoms with Gasteiger partial charge >= 0.3 is 0 Å². The zero-order chi connectivity index (χ0) is 13.9. The summed E-state index contributed by atoms with van der Waals surface area (Å²) in [6, 6.07) is 6.92. The van der Waals surface area contributed by atoms with Crippen LogP contribution in [0.25, 0.3) is 0 Å². The average Bonchev–Trinajstić information content (AvgIpc) is 2.42. The minimum atomic E-state index is -0.200. The van der Waals surface area contributed by atoms with Crippen LogP contribution in [0.15, 0.2) is 24.3 Å². The van der Waals surface area contributed by atoms with Crippen molar-refractivity contribution in [3.05, 3.63) is 30.1 Å². The van der Waals surface area contributed by atoms with Gasteiger partial charge in [0.25, 0.3) is 0 Å². The highest BCUT2D eigenvalue weighted by Crippen LogP contribution is 2.35. The summed E-state index contributed by atoms with van der Waals surface area (Å²) in [4.78, 5) is 2.11. The predicted molar refractivity (Wildman–Crippen MR) is 75.9 cm³/mol. The number of benzene rings is 1. The molecule has 1 aromatic carbocycles. The fraction of sp³-hybridized carbons (Fsp3) is 0.600. The lowest BCUT2D eigenvalue weighted by atomic mass is 9.84. The molecule has 1 aliphatic heterocycles. The average molecular weight is 266 g/mol. The van der Waals surface area contributed by atoms with Gasteiger partial charge in [-0.15, -0.1) is 0 Å². The van der Waals surface area contributed by atoms with Gasteiger partial charge < -0.3 is 15.4 Å². The van der Waals surface area contributed by atoms with E-state index in [1.54, 1.807) is 6.07 Å². The zero-order valence-corrected chi connectivity index (χ0v) is 11.7. The Bertz CT molecular complexity index is 426. The van der Waals surface area contributed by atoms with E-state index in [1.165, 1.54) is 6.07 Å². The molecule has 0 amide bonds. The summed E-state index contributed by atoms with van der Waals surface area (Å²) < 4.78 is 19.7. The molecule has 0 bridgehead atoms. The largest absolute Gasteiger partial charge is 0.378 e. The summed E-state index contributed by atoms with van der Waals surface area (Å²) in [5.74, 6) is -0.184. The highest BCUT2D eigenvalue weighted by molar-refractivity contribution is 5.50. The fourth-order valence-electron chi connectivity index (χ4n) is 3.12. The van der Waals surface area contributed by atoms with E-state index in [4.69, 9.17) is 10.5 Å². The van der Waals surface area contributed by atoms with Crippen LogP contribution in [0, 0.1) is 5.82 Å². The lowest BCUT2D eigenvalue weighted by molar-refractivity contribution is -0.00752. The number of rotatable bonds is 4. The van der Waals surface area contributed by atoms with Crippen molar-refractivity contribution in [2.75, 3.05) is 24.6 Å². The first-order chi connectivity index (χ1) is 9.13. The van der Waals surface area contributed by atoms with Crippen LogP contribution in [-0.4, -0.2) is 31.3 Å². The number of ether oxygens (including phenoxy) is 1. The van der Waals surface area contributed by atoms with Gasteiger partial charge in [0.15, 0.2) is 0 Å². The lowest BCUT2D eigenvalue weighted by Crippen LogP contribution is -2.58. The molecule has 0 aliphatic carbocycles. The molecular weight excluding hydrogens is 243 g/mol. The van der Waals surface area contributed by atoms with Crippen LogP contribution in [0.2, 0.25) is 0 Å². The maximum absolute atomic E-state index is 14.1. The molecule has 1 aromatic rings. The Hall–Kier alpha value is -1.13. The normalized spacial score (nSPS) is 27.3. The molecule has 1 heterocycles. The molecule has 2 atom stereocenters. The molecule has 106 valence electrons. The molecule has 0 aromatic heterocycles. The van der Waals surface area contributed by atoms with Crippen molar-refractivity contribution in [2.24, 2.45) is 5.73 Å². The van der Waals surface area contributed by atoms with E-state index in [2.05, 4.69) is 11.8 Å². The van der Waals surface area contributed by atoms with Crippen LogP contribution in [0.5, 0.6) is 0 Å². The molecule has 3 nitrogen and oxygen atoms in total. The van der Waals surface area contributed by atoms with Crippen molar-refractivity contribution in [3.63, 3.8) is 0 Å². The number of nitrogens with two attached hydrogens (primary N) is 1. The molecule has 4 heteroatoms. The second-order valence-electron chi connectivity index (χ2n) is 5.26. The van der Waals surface area contributed by atoms with E-state index in [0.717, 1.165) is 19.4 Å². The first kappa shape index (κ1) is 14.3. The third-order valence-corrected chi connectivity index (χ3v) is 4.05. The second-order valence-corrected chi connectivity index (χ2v) is 5.26. The molecule has 0 saturated carbocycles. The van der Waals surface area contributed by atoms with Crippen LogP contribution in [0.4, 0.5) is 10.1 Å². The van der Waals surface area contributed by atoms with E-state index in [-0.39, 0.29) is 17.5 Å². The van der Waals surface area contributed by atoms with Gasteiger partial charge in [-0.05, 0) is 38.8 Å². The van der Waals surface area contributed by atoms with Gasteiger partial charge in [-0.1, -0.05) is 12.1 Å². The van der Waals surface area contributed by atoms with Gasteiger partial charge in [-0.25, -0.2) is 4.39 Å². The monoisotopic (exact) mass is 266 g/mol. The molecule has 2 rings (SSSR count). The molecular formula is C15H23FN2O. The standard InChI is InChI=1S/C15H23FN2O/c1-3-18(14-7-5-4-6-13(14)16)15(11-17)8-9-19-12(2)10-15/h4-7,12H,3,8-11,17H2,1-2H3. The van der Waals surface area contributed by atoms with Gasteiger partial charge in [-0.2, -0.15) is 0 Å². The van der Waals surface area contributed by atoms with Crippen molar-refractivity contribution < 1.29 is 9.13 Å². The van der Waals surface area contributed by atoms with Crippen LogP contribution in [0.3, 0.4) is 0 Å². The first-order valence-electron chi connectivity index (χ1n) is 6.97. The number of likely N-dealkylation sites (N-methyl/N-ethyl adjacent to an activating group) is 1. The number of halogens is 1.